The Morgan fingerprint density at radius 1 is 0.634 bits per heavy atom. The molecule has 0 saturated heterocycles. The molecule has 196 valence electrons. The maximum absolute atomic E-state index is 6.52. The lowest BCUT2D eigenvalue weighted by atomic mass is 9.98. The van der Waals surface area contributed by atoms with Crippen LogP contribution < -0.4 is 10.1 Å². The second-order valence-corrected chi connectivity index (χ2v) is 10.3. The standard InChI is InChI=1S/C36H25N4O/c1-4-10-24(11-5-1)33-38-34(25-12-6-2-7-13-25)40-35(39-33)28-18-20-29-27(22-28)17-16-23-19-21-30-32(31(23)29)41-36(37-30)26-14-8-3-9-15-26/h1-22,33,36-37H/q-1. The van der Waals surface area contributed by atoms with Crippen molar-refractivity contribution < 1.29 is 4.74 Å². The van der Waals surface area contributed by atoms with E-state index in [9.17, 15) is 0 Å². The molecule has 2 aliphatic heterocycles. The van der Waals surface area contributed by atoms with Gasteiger partial charge >= 0.3 is 0 Å². The number of benzene rings is 6. The van der Waals surface area contributed by atoms with Gasteiger partial charge in [-0.05, 0) is 45.0 Å². The lowest BCUT2D eigenvalue weighted by molar-refractivity contribution is 0.263. The Balaban J connectivity index is 1.21. The lowest BCUT2D eigenvalue weighted by Crippen LogP contribution is -2.15. The summed E-state index contributed by atoms with van der Waals surface area (Å²) in [4.78, 5) is 9.85. The van der Waals surface area contributed by atoms with Crippen LogP contribution in [0.5, 0.6) is 5.75 Å². The van der Waals surface area contributed by atoms with E-state index in [1.54, 1.807) is 0 Å². The van der Waals surface area contributed by atoms with Crippen LogP contribution in [-0.2, 0) is 0 Å². The van der Waals surface area contributed by atoms with Gasteiger partial charge in [0.1, 0.15) is 0 Å². The summed E-state index contributed by atoms with van der Waals surface area (Å²) in [5.41, 5.74) is 5.06. The monoisotopic (exact) mass is 529 g/mol. The van der Waals surface area contributed by atoms with Crippen LogP contribution in [0, 0.1) is 0 Å². The van der Waals surface area contributed by atoms with Gasteiger partial charge in [-0.3, -0.25) is 4.99 Å². The fraction of sp³-hybridized carbons (Fsp3) is 0.0556. The third-order valence-corrected chi connectivity index (χ3v) is 7.67. The van der Waals surface area contributed by atoms with Crippen molar-refractivity contribution in [3.05, 3.63) is 161 Å². The Morgan fingerprint density at radius 2 is 1.32 bits per heavy atom. The molecule has 0 fully saturated rings. The van der Waals surface area contributed by atoms with Crippen LogP contribution in [0.1, 0.15) is 34.6 Å². The van der Waals surface area contributed by atoms with Gasteiger partial charge in [-0.25, -0.2) is 0 Å². The molecule has 1 N–H and O–H groups in total. The number of hydrogen-bond donors (Lipinski definition) is 1. The summed E-state index contributed by atoms with van der Waals surface area (Å²) in [5.74, 6) is 2.25. The van der Waals surface area contributed by atoms with E-state index in [1.165, 1.54) is 0 Å². The molecule has 0 bridgehead atoms. The van der Waals surface area contributed by atoms with Gasteiger partial charge in [0.15, 0.2) is 12.0 Å². The number of hydrogen-bond acceptors (Lipinski definition) is 4. The molecule has 2 unspecified atom stereocenters. The van der Waals surface area contributed by atoms with Crippen molar-refractivity contribution in [3.8, 4) is 5.75 Å². The Bertz CT molecular complexity index is 1970. The molecule has 6 aromatic carbocycles. The zero-order chi connectivity index (χ0) is 27.2. The van der Waals surface area contributed by atoms with Crippen LogP contribution in [0.15, 0.2) is 143 Å². The average Bonchev–Trinajstić information content (AvgIpc) is 3.50. The topological polar surface area (TPSA) is 60.1 Å². The van der Waals surface area contributed by atoms with Crippen molar-refractivity contribution >= 4 is 38.9 Å². The molecule has 2 atom stereocenters. The van der Waals surface area contributed by atoms with E-state index < -0.39 is 0 Å². The SMILES string of the molecule is c1ccc(C2=NC(c3ccccc3)[N-]C(c3ccc4c(ccc5ccc6c(c54)OC(c4ccccc4)N6)c3)=N2)cc1. The Labute approximate surface area is 237 Å². The zero-order valence-corrected chi connectivity index (χ0v) is 22.1. The highest BCUT2D eigenvalue weighted by molar-refractivity contribution is 6.20. The number of amidine groups is 2. The molecule has 0 aliphatic carbocycles. The zero-order valence-electron chi connectivity index (χ0n) is 22.1. The first kappa shape index (κ1) is 23.5. The van der Waals surface area contributed by atoms with Gasteiger partial charge in [-0.15, -0.1) is 0 Å². The molecule has 5 nitrogen and oxygen atoms in total. The molecule has 0 radical (unpaired) electrons. The molecule has 2 heterocycles. The molecular weight excluding hydrogens is 504 g/mol. The molecule has 0 saturated carbocycles. The number of anilines is 1. The normalized spacial score (nSPS) is 17.7. The van der Waals surface area contributed by atoms with Gasteiger partial charge in [0.2, 0.25) is 0 Å². The number of rotatable bonds is 4. The molecule has 0 amide bonds. The predicted molar refractivity (Wildman–Crippen MR) is 167 cm³/mol. The maximum Gasteiger partial charge on any atom is 0.196 e. The van der Waals surface area contributed by atoms with Crippen LogP contribution in [0.25, 0.3) is 26.9 Å². The molecular formula is C36H25N4O-. The first-order valence-electron chi connectivity index (χ1n) is 13.8. The first-order valence-corrected chi connectivity index (χ1v) is 13.8. The summed E-state index contributed by atoms with van der Waals surface area (Å²) >= 11 is 0. The summed E-state index contributed by atoms with van der Waals surface area (Å²) in [6, 6.07) is 45.5. The highest BCUT2D eigenvalue weighted by Crippen LogP contribution is 2.45. The number of ether oxygens (including phenoxy) is 1. The Morgan fingerprint density at radius 3 is 2.10 bits per heavy atom. The summed E-state index contributed by atoms with van der Waals surface area (Å²) in [7, 11) is 0. The Kier molecular flexibility index (Phi) is 5.52. The van der Waals surface area contributed by atoms with Crippen molar-refractivity contribution in [1.29, 1.82) is 0 Å². The molecule has 5 heteroatoms. The van der Waals surface area contributed by atoms with Crippen LogP contribution in [0.2, 0.25) is 0 Å². The van der Waals surface area contributed by atoms with Gasteiger partial charge in [0.05, 0.1) is 17.7 Å². The van der Waals surface area contributed by atoms with Gasteiger partial charge in [-0.2, -0.15) is 0 Å². The van der Waals surface area contributed by atoms with Crippen molar-refractivity contribution in [2.24, 2.45) is 9.98 Å². The summed E-state index contributed by atoms with van der Waals surface area (Å²) in [6.45, 7) is 0. The van der Waals surface area contributed by atoms with Gasteiger partial charge in [0, 0.05) is 10.9 Å². The minimum atomic E-state index is -0.358. The number of nitrogens with zero attached hydrogens (tertiary/aromatic N) is 3. The fourth-order valence-electron chi connectivity index (χ4n) is 5.62. The van der Waals surface area contributed by atoms with Gasteiger partial charge in [0.25, 0.3) is 0 Å². The van der Waals surface area contributed by atoms with E-state index in [0.717, 1.165) is 55.2 Å². The van der Waals surface area contributed by atoms with Crippen molar-refractivity contribution in [3.63, 3.8) is 0 Å². The molecule has 0 aromatic heterocycles. The van der Waals surface area contributed by atoms with E-state index in [2.05, 4.69) is 72.0 Å². The van der Waals surface area contributed by atoms with E-state index >= 15 is 0 Å². The summed E-state index contributed by atoms with van der Waals surface area (Å²) in [6.07, 6.45) is -0.573. The van der Waals surface area contributed by atoms with Crippen LogP contribution >= 0.6 is 0 Å². The average molecular weight is 530 g/mol. The third kappa shape index (κ3) is 4.19. The largest absolute Gasteiger partial charge is 0.464 e. The quantitative estimate of drug-likeness (QED) is 0.232. The maximum atomic E-state index is 6.52. The van der Waals surface area contributed by atoms with E-state index in [4.69, 9.17) is 20.0 Å². The van der Waals surface area contributed by atoms with Gasteiger partial charge in [-0.1, -0.05) is 127 Å². The lowest BCUT2D eigenvalue weighted by Gasteiger charge is -2.32. The molecule has 2 aliphatic rings. The van der Waals surface area contributed by atoms with E-state index in [0.29, 0.717) is 11.7 Å². The fourth-order valence-corrected chi connectivity index (χ4v) is 5.62. The molecule has 6 aromatic rings. The van der Waals surface area contributed by atoms with Crippen LogP contribution in [0.4, 0.5) is 5.69 Å². The molecule has 0 spiro atoms. The smallest absolute Gasteiger partial charge is 0.196 e. The third-order valence-electron chi connectivity index (χ3n) is 7.67. The number of nitrogens with one attached hydrogen (secondary N) is 1. The first-order chi connectivity index (χ1) is 20.3. The number of fused-ring (bicyclic) bond motifs is 5. The summed E-state index contributed by atoms with van der Waals surface area (Å²) in [5, 5.41) is 13.0. The highest BCUT2D eigenvalue weighted by Gasteiger charge is 2.26. The van der Waals surface area contributed by atoms with Gasteiger partial charge < -0.3 is 20.4 Å². The highest BCUT2D eigenvalue weighted by atomic mass is 16.5. The predicted octanol–water partition coefficient (Wildman–Crippen LogP) is 8.78. The van der Waals surface area contributed by atoms with E-state index in [-0.39, 0.29) is 12.4 Å². The van der Waals surface area contributed by atoms with Crippen LogP contribution in [-0.4, -0.2) is 11.7 Å². The molecule has 8 rings (SSSR count). The summed E-state index contributed by atoms with van der Waals surface area (Å²) < 4.78 is 6.52. The van der Waals surface area contributed by atoms with E-state index in [1.807, 2.05) is 66.7 Å². The second-order valence-electron chi connectivity index (χ2n) is 10.3. The van der Waals surface area contributed by atoms with Crippen molar-refractivity contribution in [2.75, 3.05) is 5.32 Å². The second kappa shape index (κ2) is 9.65. The minimum Gasteiger partial charge on any atom is -0.464 e. The molecule has 41 heavy (non-hydrogen) atoms. The van der Waals surface area contributed by atoms with Crippen molar-refractivity contribution in [1.82, 2.24) is 0 Å². The minimum absolute atomic E-state index is 0.215. The Hall–Kier alpha value is -5.42. The van der Waals surface area contributed by atoms with Crippen LogP contribution in [0.3, 0.4) is 0 Å². The van der Waals surface area contributed by atoms with Crippen molar-refractivity contribution in [2.45, 2.75) is 12.4 Å². The number of aliphatic imine (C=N–C) groups is 2.